The highest BCUT2D eigenvalue weighted by atomic mass is 16.6. The largest absolute Gasteiger partial charge is 0.443 e. The zero-order valence-electron chi connectivity index (χ0n) is 9.17. The summed E-state index contributed by atoms with van der Waals surface area (Å²) in [6.45, 7) is 4.00. The van der Waals surface area contributed by atoms with E-state index in [1.165, 1.54) is 6.33 Å². The number of aromatic nitrogens is 3. The molecule has 0 bridgehead atoms. The van der Waals surface area contributed by atoms with Gasteiger partial charge in [0, 0.05) is 13.1 Å². The molecule has 0 saturated carbocycles. The number of cyclic esters (lactones) is 1. The Labute approximate surface area is 93.2 Å². The molecule has 1 unspecified atom stereocenters. The van der Waals surface area contributed by atoms with Crippen molar-refractivity contribution in [2.24, 2.45) is 5.73 Å². The van der Waals surface area contributed by atoms with Gasteiger partial charge in [0.05, 0.1) is 13.1 Å². The van der Waals surface area contributed by atoms with Crippen LogP contribution in [0.4, 0.5) is 4.79 Å². The fraction of sp³-hybridized carbons (Fsp3) is 0.667. The van der Waals surface area contributed by atoms with Crippen molar-refractivity contribution >= 4 is 6.09 Å². The van der Waals surface area contributed by atoms with Gasteiger partial charge in [-0.25, -0.2) is 14.5 Å². The van der Waals surface area contributed by atoms with E-state index in [0.717, 1.165) is 12.4 Å². The molecule has 1 aromatic heterocycles. The molecule has 16 heavy (non-hydrogen) atoms. The number of hydrogen-bond donors (Lipinski definition) is 1. The summed E-state index contributed by atoms with van der Waals surface area (Å²) in [6.07, 6.45) is 0.951. The van der Waals surface area contributed by atoms with Crippen LogP contribution in [0.1, 0.15) is 12.7 Å². The molecule has 1 atom stereocenters. The molecule has 0 aliphatic carbocycles. The van der Waals surface area contributed by atoms with Crippen LogP contribution in [-0.4, -0.2) is 45.0 Å². The van der Waals surface area contributed by atoms with Crippen LogP contribution in [0.25, 0.3) is 0 Å². The summed E-state index contributed by atoms with van der Waals surface area (Å²) in [5, 5.41) is 4.04. The van der Waals surface area contributed by atoms with Crippen molar-refractivity contribution in [2.45, 2.75) is 26.1 Å². The molecule has 7 heteroatoms. The zero-order chi connectivity index (χ0) is 11.5. The van der Waals surface area contributed by atoms with Gasteiger partial charge in [-0.15, -0.1) is 0 Å². The molecule has 7 nitrogen and oxygen atoms in total. The van der Waals surface area contributed by atoms with Gasteiger partial charge in [0.2, 0.25) is 0 Å². The lowest BCUT2D eigenvalue weighted by Crippen LogP contribution is -2.28. The van der Waals surface area contributed by atoms with Crippen LogP contribution < -0.4 is 5.73 Å². The molecule has 1 saturated heterocycles. The van der Waals surface area contributed by atoms with E-state index in [9.17, 15) is 4.79 Å². The van der Waals surface area contributed by atoms with E-state index >= 15 is 0 Å². The first-order valence-corrected chi connectivity index (χ1v) is 5.27. The van der Waals surface area contributed by atoms with Gasteiger partial charge in [0.25, 0.3) is 0 Å². The number of nitrogens with zero attached hydrogens (tertiary/aromatic N) is 4. The normalized spacial score (nSPS) is 20.2. The maximum Gasteiger partial charge on any atom is 0.410 e. The second-order valence-electron chi connectivity index (χ2n) is 3.61. The predicted molar refractivity (Wildman–Crippen MR) is 55.4 cm³/mol. The summed E-state index contributed by atoms with van der Waals surface area (Å²) in [7, 11) is 0. The summed E-state index contributed by atoms with van der Waals surface area (Å²) in [5.41, 5.74) is 5.45. The summed E-state index contributed by atoms with van der Waals surface area (Å²) in [6, 6.07) is 0. The van der Waals surface area contributed by atoms with Crippen LogP contribution >= 0.6 is 0 Å². The highest BCUT2D eigenvalue weighted by molar-refractivity contribution is 5.69. The van der Waals surface area contributed by atoms with Crippen molar-refractivity contribution in [1.82, 2.24) is 19.7 Å². The van der Waals surface area contributed by atoms with Crippen LogP contribution in [0.5, 0.6) is 0 Å². The van der Waals surface area contributed by atoms with E-state index in [1.807, 2.05) is 6.92 Å². The minimum Gasteiger partial charge on any atom is -0.443 e. The molecule has 88 valence electrons. The van der Waals surface area contributed by atoms with Crippen molar-refractivity contribution in [3.63, 3.8) is 0 Å². The monoisotopic (exact) mass is 225 g/mol. The van der Waals surface area contributed by atoms with E-state index in [-0.39, 0.29) is 12.2 Å². The van der Waals surface area contributed by atoms with E-state index in [0.29, 0.717) is 19.6 Å². The minimum absolute atomic E-state index is 0.203. The number of nitrogens with two attached hydrogens (primary N) is 1. The van der Waals surface area contributed by atoms with Crippen LogP contribution in [-0.2, 0) is 17.8 Å². The summed E-state index contributed by atoms with van der Waals surface area (Å²) < 4.78 is 6.80. The van der Waals surface area contributed by atoms with Crippen LogP contribution in [0, 0.1) is 0 Å². The van der Waals surface area contributed by atoms with E-state index < -0.39 is 0 Å². The van der Waals surface area contributed by atoms with Crippen LogP contribution in [0.3, 0.4) is 0 Å². The Hall–Kier alpha value is -1.63. The number of amides is 1. The minimum atomic E-state index is -0.332. The van der Waals surface area contributed by atoms with Gasteiger partial charge in [-0.05, 0) is 6.92 Å². The number of carbonyl (C=O) groups is 1. The molecular weight excluding hydrogens is 210 g/mol. The first-order chi connectivity index (χ1) is 7.74. The second kappa shape index (κ2) is 4.48. The van der Waals surface area contributed by atoms with Gasteiger partial charge < -0.3 is 10.5 Å². The van der Waals surface area contributed by atoms with Gasteiger partial charge in [0.1, 0.15) is 18.3 Å². The molecule has 0 spiro atoms. The Balaban J connectivity index is 2.02. The molecule has 1 fully saturated rings. The summed E-state index contributed by atoms with van der Waals surface area (Å²) in [4.78, 5) is 17.2. The fourth-order valence-electron chi connectivity index (χ4n) is 1.67. The number of carbonyl (C=O) groups excluding carboxylic acids is 1. The quantitative estimate of drug-likeness (QED) is 0.752. The number of rotatable bonds is 4. The molecule has 2 heterocycles. The van der Waals surface area contributed by atoms with Gasteiger partial charge in [-0.2, -0.15) is 5.10 Å². The summed E-state index contributed by atoms with van der Waals surface area (Å²) >= 11 is 0. The molecule has 1 aromatic rings. The first kappa shape index (κ1) is 10.9. The smallest absolute Gasteiger partial charge is 0.410 e. The maximum atomic E-state index is 11.5. The van der Waals surface area contributed by atoms with Crippen LogP contribution in [0.15, 0.2) is 6.33 Å². The SMILES string of the molecule is CCn1ncnc1CN1CC(CN)OC1=O. The van der Waals surface area contributed by atoms with E-state index in [4.69, 9.17) is 10.5 Å². The number of hydrogen-bond acceptors (Lipinski definition) is 5. The standard InChI is InChI=1S/C9H15N5O2/c1-2-14-8(11-6-12-14)5-13-4-7(3-10)16-9(13)15/h6-7H,2-5,10H2,1H3. The number of aryl methyl sites for hydroxylation is 1. The number of ether oxygens (including phenoxy) is 1. The Morgan fingerprint density at radius 1 is 1.69 bits per heavy atom. The Morgan fingerprint density at radius 3 is 3.12 bits per heavy atom. The molecule has 2 N–H and O–H groups in total. The van der Waals surface area contributed by atoms with Gasteiger partial charge >= 0.3 is 6.09 Å². The topological polar surface area (TPSA) is 86.3 Å². The Morgan fingerprint density at radius 2 is 2.50 bits per heavy atom. The molecule has 1 amide bonds. The third kappa shape index (κ3) is 1.99. The average Bonchev–Trinajstić information content (AvgIpc) is 2.86. The lowest BCUT2D eigenvalue weighted by molar-refractivity contribution is 0.134. The Kier molecular flexibility index (Phi) is 3.04. The molecule has 1 aliphatic rings. The third-order valence-corrected chi connectivity index (χ3v) is 2.54. The van der Waals surface area contributed by atoms with E-state index in [2.05, 4.69) is 10.1 Å². The lowest BCUT2D eigenvalue weighted by atomic mass is 10.3. The fourth-order valence-corrected chi connectivity index (χ4v) is 1.67. The third-order valence-electron chi connectivity index (χ3n) is 2.54. The zero-order valence-corrected chi connectivity index (χ0v) is 9.17. The molecule has 0 aromatic carbocycles. The van der Waals surface area contributed by atoms with Crippen molar-refractivity contribution in [3.05, 3.63) is 12.2 Å². The molecule has 2 rings (SSSR count). The second-order valence-corrected chi connectivity index (χ2v) is 3.61. The Bertz CT molecular complexity index is 378. The van der Waals surface area contributed by atoms with Gasteiger partial charge in [-0.1, -0.05) is 0 Å². The highest BCUT2D eigenvalue weighted by Gasteiger charge is 2.30. The van der Waals surface area contributed by atoms with Crippen molar-refractivity contribution in [2.75, 3.05) is 13.1 Å². The van der Waals surface area contributed by atoms with Crippen LogP contribution in [0.2, 0.25) is 0 Å². The van der Waals surface area contributed by atoms with Gasteiger partial charge in [-0.3, -0.25) is 4.90 Å². The van der Waals surface area contributed by atoms with Crippen molar-refractivity contribution in [1.29, 1.82) is 0 Å². The maximum absolute atomic E-state index is 11.5. The molecule has 0 radical (unpaired) electrons. The van der Waals surface area contributed by atoms with Crippen molar-refractivity contribution < 1.29 is 9.53 Å². The van der Waals surface area contributed by atoms with E-state index in [1.54, 1.807) is 9.58 Å². The highest BCUT2D eigenvalue weighted by Crippen LogP contribution is 2.13. The lowest BCUT2D eigenvalue weighted by Gasteiger charge is -2.12. The average molecular weight is 225 g/mol. The molecule has 1 aliphatic heterocycles. The van der Waals surface area contributed by atoms with Gasteiger partial charge in [0.15, 0.2) is 0 Å². The molecular formula is C9H15N5O2. The summed E-state index contributed by atoms with van der Waals surface area (Å²) in [5.74, 6) is 0.761. The van der Waals surface area contributed by atoms with Crippen molar-refractivity contribution in [3.8, 4) is 0 Å². The predicted octanol–water partition coefficient (Wildman–Crippen LogP) is -0.422. The first-order valence-electron chi connectivity index (χ1n) is 5.27.